The van der Waals surface area contributed by atoms with E-state index in [1.165, 1.54) is 6.92 Å². The van der Waals surface area contributed by atoms with E-state index < -0.39 is 6.04 Å². The number of hydrogen-bond acceptors (Lipinski definition) is 4. The number of rotatable bonds is 7. The lowest BCUT2D eigenvalue weighted by atomic mass is 10.1. The Morgan fingerprint density at radius 2 is 1.83 bits per heavy atom. The minimum absolute atomic E-state index is 0.0587. The summed E-state index contributed by atoms with van der Waals surface area (Å²) in [6, 6.07) is 6.37. The SMILES string of the molecule is CC(=O)c1cccc(NC(=O)[C@H](C)N(C)CC(=O)NC(C)C)c1. The summed E-state index contributed by atoms with van der Waals surface area (Å²) < 4.78 is 0. The van der Waals surface area contributed by atoms with Crippen LogP contribution in [0.2, 0.25) is 0 Å². The highest BCUT2D eigenvalue weighted by Gasteiger charge is 2.20. The van der Waals surface area contributed by atoms with Crippen LogP contribution in [0.15, 0.2) is 24.3 Å². The van der Waals surface area contributed by atoms with Crippen LogP contribution in [-0.4, -0.2) is 48.2 Å². The van der Waals surface area contributed by atoms with Crippen LogP contribution in [0.5, 0.6) is 0 Å². The first-order valence-corrected chi connectivity index (χ1v) is 7.62. The Morgan fingerprint density at radius 3 is 2.39 bits per heavy atom. The van der Waals surface area contributed by atoms with Gasteiger partial charge in [0, 0.05) is 17.3 Å². The van der Waals surface area contributed by atoms with Crippen LogP contribution in [0, 0.1) is 0 Å². The quantitative estimate of drug-likeness (QED) is 0.749. The maximum atomic E-state index is 12.3. The third-order valence-corrected chi connectivity index (χ3v) is 3.42. The molecule has 6 nitrogen and oxygen atoms in total. The molecule has 1 atom stereocenters. The molecule has 0 aliphatic rings. The molecule has 0 saturated heterocycles. The molecule has 1 aromatic carbocycles. The first-order chi connectivity index (χ1) is 10.7. The highest BCUT2D eigenvalue weighted by atomic mass is 16.2. The predicted octanol–water partition coefficient (Wildman–Crippen LogP) is 1.67. The van der Waals surface area contributed by atoms with Gasteiger partial charge < -0.3 is 10.6 Å². The number of anilines is 1. The summed E-state index contributed by atoms with van der Waals surface area (Å²) in [6.07, 6.45) is 0. The molecule has 0 spiro atoms. The Balaban J connectivity index is 2.64. The Labute approximate surface area is 137 Å². The van der Waals surface area contributed by atoms with Crippen molar-refractivity contribution < 1.29 is 14.4 Å². The highest BCUT2D eigenvalue weighted by molar-refractivity contribution is 5.98. The highest BCUT2D eigenvalue weighted by Crippen LogP contribution is 2.12. The summed E-state index contributed by atoms with van der Waals surface area (Å²) in [7, 11) is 1.72. The lowest BCUT2D eigenvalue weighted by Gasteiger charge is -2.23. The zero-order valence-corrected chi connectivity index (χ0v) is 14.3. The van der Waals surface area contributed by atoms with E-state index in [-0.39, 0.29) is 30.2 Å². The third kappa shape index (κ3) is 6.20. The van der Waals surface area contributed by atoms with Gasteiger partial charge in [-0.25, -0.2) is 0 Å². The summed E-state index contributed by atoms with van der Waals surface area (Å²) in [6.45, 7) is 7.11. The molecule has 0 aliphatic heterocycles. The second-order valence-electron chi connectivity index (χ2n) is 5.94. The van der Waals surface area contributed by atoms with E-state index in [2.05, 4.69) is 10.6 Å². The van der Waals surface area contributed by atoms with Gasteiger partial charge in [0.25, 0.3) is 0 Å². The van der Waals surface area contributed by atoms with Crippen molar-refractivity contribution in [2.24, 2.45) is 0 Å². The van der Waals surface area contributed by atoms with Gasteiger partial charge >= 0.3 is 0 Å². The van der Waals surface area contributed by atoms with Crippen molar-refractivity contribution in [2.45, 2.75) is 39.8 Å². The number of amides is 2. The van der Waals surface area contributed by atoms with Crippen molar-refractivity contribution in [1.82, 2.24) is 10.2 Å². The van der Waals surface area contributed by atoms with Gasteiger partial charge in [-0.1, -0.05) is 12.1 Å². The van der Waals surface area contributed by atoms with E-state index >= 15 is 0 Å². The number of hydrogen-bond donors (Lipinski definition) is 2. The van der Waals surface area contributed by atoms with Crippen molar-refractivity contribution in [3.05, 3.63) is 29.8 Å². The van der Waals surface area contributed by atoms with Crippen LogP contribution in [0.25, 0.3) is 0 Å². The summed E-state index contributed by atoms with van der Waals surface area (Å²) in [5.41, 5.74) is 1.11. The van der Waals surface area contributed by atoms with E-state index in [4.69, 9.17) is 0 Å². The zero-order valence-electron chi connectivity index (χ0n) is 14.3. The van der Waals surface area contributed by atoms with E-state index in [9.17, 15) is 14.4 Å². The molecule has 0 unspecified atom stereocenters. The number of ketones is 1. The van der Waals surface area contributed by atoms with Gasteiger partial charge in [0.05, 0.1) is 12.6 Å². The minimum atomic E-state index is -0.478. The van der Waals surface area contributed by atoms with Gasteiger partial charge in [-0.3, -0.25) is 19.3 Å². The summed E-state index contributed by atoms with van der Waals surface area (Å²) in [5, 5.41) is 5.55. The second kappa shape index (κ2) is 8.43. The number of nitrogens with zero attached hydrogens (tertiary/aromatic N) is 1. The monoisotopic (exact) mass is 319 g/mol. The van der Waals surface area contributed by atoms with Crippen molar-refractivity contribution >= 4 is 23.3 Å². The Kier molecular flexibility index (Phi) is 6.90. The van der Waals surface area contributed by atoms with Gasteiger partial charge in [0.1, 0.15) is 0 Å². The zero-order chi connectivity index (χ0) is 17.6. The molecule has 0 aromatic heterocycles. The minimum Gasteiger partial charge on any atom is -0.353 e. The average Bonchev–Trinajstić information content (AvgIpc) is 2.45. The van der Waals surface area contributed by atoms with E-state index in [0.717, 1.165) is 0 Å². The molecular formula is C17H25N3O3. The van der Waals surface area contributed by atoms with Gasteiger partial charge in [0.2, 0.25) is 11.8 Å². The largest absolute Gasteiger partial charge is 0.353 e. The van der Waals surface area contributed by atoms with Gasteiger partial charge in [-0.2, -0.15) is 0 Å². The number of carbonyl (C=O) groups excluding carboxylic acids is 3. The predicted molar refractivity (Wildman–Crippen MR) is 90.4 cm³/mol. The molecule has 1 aromatic rings. The normalized spacial score (nSPS) is 12.1. The fourth-order valence-electron chi connectivity index (χ4n) is 1.99. The van der Waals surface area contributed by atoms with Crippen LogP contribution in [-0.2, 0) is 9.59 Å². The van der Waals surface area contributed by atoms with Crippen molar-refractivity contribution in [1.29, 1.82) is 0 Å². The van der Waals surface area contributed by atoms with Crippen molar-refractivity contribution in [2.75, 3.05) is 18.9 Å². The number of carbonyl (C=O) groups is 3. The maximum Gasteiger partial charge on any atom is 0.241 e. The lowest BCUT2D eigenvalue weighted by molar-refractivity contribution is -0.125. The smallest absolute Gasteiger partial charge is 0.241 e. The topological polar surface area (TPSA) is 78.5 Å². The number of Topliss-reactive ketones (excluding diaryl/α,β-unsaturated/α-hetero) is 1. The molecule has 0 aliphatic carbocycles. The molecule has 1 rings (SSSR count). The van der Waals surface area contributed by atoms with E-state index in [1.807, 2.05) is 13.8 Å². The molecule has 6 heteroatoms. The van der Waals surface area contributed by atoms with Gasteiger partial charge in [-0.15, -0.1) is 0 Å². The maximum absolute atomic E-state index is 12.3. The molecule has 2 N–H and O–H groups in total. The summed E-state index contributed by atoms with van der Waals surface area (Å²) in [4.78, 5) is 37.1. The van der Waals surface area contributed by atoms with Crippen LogP contribution in [0.3, 0.4) is 0 Å². The summed E-state index contributed by atoms with van der Waals surface area (Å²) >= 11 is 0. The Morgan fingerprint density at radius 1 is 1.17 bits per heavy atom. The number of nitrogens with one attached hydrogen (secondary N) is 2. The molecule has 0 fully saturated rings. The van der Waals surface area contributed by atoms with Crippen molar-refractivity contribution in [3.8, 4) is 0 Å². The molecule has 2 amide bonds. The van der Waals surface area contributed by atoms with Crippen molar-refractivity contribution in [3.63, 3.8) is 0 Å². The molecule has 0 saturated carbocycles. The lowest BCUT2D eigenvalue weighted by Crippen LogP contribution is -2.45. The average molecular weight is 319 g/mol. The molecular weight excluding hydrogens is 294 g/mol. The molecule has 23 heavy (non-hydrogen) atoms. The fraction of sp³-hybridized carbons (Fsp3) is 0.471. The first kappa shape index (κ1) is 18.8. The Hall–Kier alpha value is -2.21. The summed E-state index contributed by atoms with van der Waals surface area (Å²) in [5.74, 6) is -0.414. The van der Waals surface area contributed by atoms with Crippen LogP contribution < -0.4 is 10.6 Å². The van der Waals surface area contributed by atoms with E-state index in [1.54, 1.807) is 43.1 Å². The van der Waals surface area contributed by atoms with Crippen LogP contribution in [0.4, 0.5) is 5.69 Å². The molecule has 0 heterocycles. The third-order valence-electron chi connectivity index (χ3n) is 3.42. The number of likely N-dealkylation sites (N-methyl/N-ethyl adjacent to an activating group) is 1. The first-order valence-electron chi connectivity index (χ1n) is 7.62. The fourth-order valence-corrected chi connectivity index (χ4v) is 1.99. The van der Waals surface area contributed by atoms with Crippen LogP contribution in [0.1, 0.15) is 38.1 Å². The standard InChI is InChI=1S/C17H25N3O3/c1-11(2)18-16(22)10-20(5)12(3)17(23)19-15-8-6-7-14(9-15)13(4)21/h6-9,11-12H,10H2,1-5H3,(H,18,22)(H,19,23)/t12-/m0/s1. The Bertz CT molecular complexity index is 584. The molecule has 0 radical (unpaired) electrons. The molecule has 126 valence electrons. The number of benzene rings is 1. The molecule has 0 bridgehead atoms. The van der Waals surface area contributed by atoms with E-state index in [0.29, 0.717) is 11.3 Å². The van der Waals surface area contributed by atoms with Crippen LogP contribution >= 0.6 is 0 Å². The van der Waals surface area contributed by atoms with Gasteiger partial charge in [-0.05, 0) is 46.9 Å². The van der Waals surface area contributed by atoms with Gasteiger partial charge in [0.15, 0.2) is 5.78 Å². The second-order valence-corrected chi connectivity index (χ2v) is 5.94.